The molecule has 3 aromatic rings. The average Bonchev–Trinajstić information content (AvgIpc) is 3.24. The minimum absolute atomic E-state index is 0.0767. The van der Waals surface area contributed by atoms with Gasteiger partial charge in [-0.3, -0.25) is 10.1 Å². The summed E-state index contributed by atoms with van der Waals surface area (Å²) < 4.78 is 1.95. The van der Waals surface area contributed by atoms with Crippen LogP contribution in [0.1, 0.15) is 70.7 Å². The molecule has 0 saturated heterocycles. The minimum Gasteiger partial charge on any atom is -0.365 e. The summed E-state index contributed by atoms with van der Waals surface area (Å²) in [6.07, 6.45) is 8.48. The van der Waals surface area contributed by atoms with E-state index >= 15 is 0 Å². The zero-order chi connectivity index (χ0) is 24.1. The smallest absolute Gasteiger partial charge is 0.269 e. The van der Waals surface area contributed by atoms with Crippen molar-refractivity contribution >= 4 is 22.7 Å². The maximum absolute atomic E-state index is 11.0. The third-order valence-electron chi connectivity index (χ3n) is 6.61. The Morgan fingerprint density at radius 3 is 2.65 bits per heavy atom. The van der Waals surface area contributed by atoms with Crippen LogP contribution < -0.4 is 5.32 Å². The Morgan fingerprint density at radius 2 is 1.97 bits per heavy atom. The normalized spacial score (nSPS) is 18.0. The number of imidazole rings is 1. The summed E-state index contributed by atoms with van der Waals surface area (Å²) >= 11 is 0. The summed E-state index contributed by atoms with van der Waals surface area (Å²) in [5.41, 5.74) is 2.43. The van der Waals surface area contributed by atoms with Gasteiger partial charge in [0.15, 0.2) is 17.0 Å². The van der Waals surface area contributed by atoms with Crippen molar-refractivity contribution in [2.75, 3.05) is 5.32 Å². The van der Waals surface area contributed by atoms with Crippen LogP contribution in [0.4, 0.5) is 11.5 Å². The number of aromatic nitrogens is 4. The van der Waals surface area contributed by atoms with Gasteiger partial charge in [0.1, 0.15) is 0 Å². The number of hydrogen-bond donors (Lipinski definition) is 1. The highest BCUT2D eigenvalue weighted by molar-refractivity contribution is 5.83. The summed E-state index contributed by atoms with van der Waals surface area (Å²) in [4.78, 5) is 24.7. The van der Waals surface area contributed by atoms with E-state index < -0.39 is 4.92 Å². The molecule has 1 unspecified atom stereocenters. The second kappa shape index (κ2) is 10.6. The minimum atomic E-state index is -0.391. The first kappa shape index (κ1) is 23.7. The maximum atomic E-state index is 11.0. The molecule has 1 N–H and O–H groups in total. The van der Waals surface area contributed by atoms with Crippen molar-refractivity contribution in [3.8, 4) is 11.8 Å². The fourth-order valence-electron chi connectivity index (χ4n) is 4.55. The van der Waals surface area contributed by atoms with Crippen molar-refractivity contribution in [3.05, 3.63) is 52.1 Å². The largest absolute Gasteiger partial charge is 0.365 e. The number of fused-ring (bicyclic) bond motifs is 1. The van der Waals surface area contributed by atoms with Crippen LogP contribution in [0.3, 0.4) is 0 Å². The van der Waals surface area contributed by atoms with E-state index in [0.717, 1.165) is 31.2 Å². The van der Waals surface area contributed by atoms with Crippen LogP contribution in [0.25, 0.3) is 11.2 Å². The molecule has 1 aliphatic rings. The molecule has 8 heteroatoms. The Bertz CT molecular complexity index is 1200. The van der Waals surface area contributed by atoms with Crippen LogP contribution in [0.15, 0.2) is 30.6 Å². The average molecular weight is 461 g/mol. The first-order chi connectivity index (χ1) is 16.5. The van der Waals surface area contributed by atoms with Gasteiger partial charge in [0.25, 0.3) is 5.69 Å². The zero-order valence-corrected chi connectivity index (χ0v) is 20.1. The van der Waals surface area contributed by atoms with E-state index in [4.69, 9.17) is 9.97 Å². The van der Waals surface area contributed by atoms with Gasteiger partial charge in [0.05, 0.1) is 17.8 Å². The molecule has 1 fully saturated rings. The van der Waals surface area contributed by atoms with Gasteiger partial charge in [0, 0.05) is 24.1 Å². The number of hydrogen-bond acceptors (Lipinski definition) is 6. The van der Waals surface area contributed by atoms with Crippen molar-refractivity contribution in [2.45, 2.75) is 71.9 Å². The fourth-order valence-corrected chi connectivity index (χ4v) is 4.55. The molecule has 178 valence electrons. The van der Waals surface area contributed by atoms with Crippen LogP contribution in [0.2, 0.25) is 0 Å². The molecule has 0 radical (unpaired) electrons. The number of anilines is 1. The molecule has 2 heterocycles. The quantitative estimate of drug-likeness (QED) is 0.281. The van der Waals surface area contributed by atoms with Gasteiger partial charge in [-0.15, -0.1) is 0 Å². The zero-order valence-electron chi connectivity index (χ0n) is 20.1. The van der Waals surface area contributed by atoms with E-state index in [9.17, 15) is 10.1 Å². The van der Waals surface area contributed by atoms with Crippen molar-refractivity contribution in [1.29, 1.82) is 0 Å². The molecule has 1 aliphatic carbocycles. The molecule has 1 aromatic carbocycles. The van der Waals surface area contributed by atoms with Crippen molar-refractivity contribution < 1.29 is 4.92 Å². The summed E-state index contributed by atoms with van der Waals surface area (Å²) in [6.45, 7) is 7.10. The van der Waals surface area contributed by atoms with Crippen LogP contribution in [-0.2, 0) is 6.54 Å². The summed E-state index contributed by atoms with van der Waals surface area (Å²) in [5, 5.41) is 14.5. The van der Waals surface area contributed by atoms with Gasteiger partial charge >= 0.3 is 0 Å². The molecular weight excluding hydrogens is 428 g/mol. The number of nitro groups is 1. The van der Waals surface area contributed by atoms with E-state index in [1.54, 1.807) is 18.5 Å². The van der Waals surface area contributed by atoms with Crippen LogP contribution >= 0.6 is 0 Å². The lowest BCUT2D eigenvalue weighted by Gasteiger charge is -2.22. The number of non-ortho nitro benzene ring substituents is 1. The maximum Gasteiger partial charge on any atom is 0.269 e. The second-order valence-electron chi connectivity index (χ2n) is 9.26. The van der Waals surface area contributed by atoms with E-state index in [-0.39, 0.29) is 11.7 Å². The van der Waals surface area contributed by atoms with Crippen LogP contribution in [0.5, 0.6) is 0 Å². The number of rotatable bonds is 7. The molecule has 2 aromatic heterocycles. The van der Waals surface area contributed by atoms with Gasteiger partial charge in [-0.2, -0.15) is 0 Å². The van der Waals surface area contributed by atoms with Gasteiger partial charge in [-0.1, -0.05) is 51.7 Å². The third kappa shape index (κ3) is 5.53. The topological polar surface area (TPSA) is 98.8 Å². The number of nitrogens with one attached hydrogen (secondary N) is 1. The number of nitro benzene ring substituents is 1. The predicted molar refractivity (Wildman–Crippen MR) is 134 cm³/mol. The molecule has 0 aliphatic heterocycles. The van der Waals surface area contributed by atoms with Gasteiger partial charge < -0.3 is 9.88 Å². The molecule has 2 atom stereocenters. The summed E-state index contributed by atoms with van der Waals surface area (Å²) in [6, 6.07) is 6.86. The lowest BCUT2D eigenvalue weighted by atomic mass is 9.83. The number of nitrogens with zero attached hydrogens (tertiary/aromatic N) is 5. The van der Waals surface area contributed by atoms with Gasteiger partial charge in [0.2, 0.25) is 5.82 Å². The Hall–Kier alpha value is -3.47. The molecule has 0 amide bonds. The number of benzene rings is 1. The standard InChI is InChI=1S/C26H32N6O2/c1-4-21(5-2)28-25-24-26(30-23(29-25)14-11-19-8-6-7-18(3)15-19)31(17-27-24)16-20-9-12-22(13-10-20)32(33)34/h9-10,12-13,17-19,21H,4-8,15-16H2,1-3H3,(H,28,29,30)/t18-,19?/m1/s1. The van der Waals surface area contributed by atoms with E-state index in [1.165, 1.54) is 25.0 Å². The van der Waals surface area contributed by atoms with Crippen LogP contribution in [-0.4, -0.2) is 30.5 Å². The highest BCUT2D eigenvalue weighted by atomic mass is 16.6. The first-order valence-corrected chi connectivity index (χ1v) is 12.2. The van der Waals surface area contributed by atoms with Crippen molar-refractivity contribution in [1.82, 2.24) is 19.5 Å². The highest BCUT2D eigenvalue weighted by Crippen LogP contribution is 2.28. The van der Waals surface area contributed by atoms with Crippen molar-refractivity contribution in [2.24, 2.45) is 11.8 Å². The Balaban J connectivity index is 1.68. The molecule has 0 spiro atoms. The molecule has 4 rings (SSSR count). The monoisotopic (exact) mass is 460 g/mol. The second-order valence-corrected chi connectivity index (χ2v) is 9.26. The lowest BCUT2D eigenvalue weighted by molar-refractivity contribution is -0.384. The lowest BCUT2D eigenvalue weighted by Crippen LogP contribution is -2.19. The fraction of sp³-hybridized carbons (Fsp3) is 0.500. The van der Waals surface area contributed by atoms with Crippen molar-refractivity contribution in [3.63, 3.8) is 0 Å². The Morgan fingerprint density at radius 1 is 1.21 bits per heavy atom. The van der Waals surface area contributed by atoms with E-state index in [2.05, 4.69) is 42.9 Å². The van der Waals surface area contributed by atoms with Gasteiger partial charge in [-0.25, -0.2) is 15.0 Å². The van der Waals surface area contributed by atoms with Gasteiger partial charge in [-0.05, 0) is 43.1 Å². The molecule has 1 saturated carbocycles. The molecule has 8 nitrogen and oxygen atoms in total. The highest BCUT2D eigenvalue weighted by Gasteiger charge is 2.18. The summed E-state index contributed by atoms with van der Waals surface area (Å²) in [7, 11) is 0. The van der Waals surface area contributed by atoms with Crippen LogP contribution in [0, 0.1) is 33.8 Å². The summed E-state index contributed by atoms with van der Waals surface area (Å²) in [5.74, 6) is 8.99. The Labute approximate surface area is 200 Å². The SMILES string of the molecule is CCC(CC)Nc1nc(C#CC2CCC[C@@H](C)C2)nc2c1ncn2Cc1ccc([N+](=O)[O-])cc1. The Kier molecular flexibility index (Phi) is 7.41. The molecule has 0 bridgehead atoms. The molecule has 34 heavy (non-hydrogen) atoms. The van der Waals surface area contributed by atoms with E-state index in [1.807, 2.05) is 4.57 Å². The third-order valence-corrected chi connectivity index (χ3v) is 6.61. The van der Waals surface area contributed by atoms with E-state index in [0.29, 0.717) is 41.2 Å². The predicted octanol–water partition coefficient (Wildman–Crippen LogP) is 5.56. The first-order valence-electron chi connectivity index (χ1n) is 12.2. The molecular formula is C26H32N6O2.